The Morgan fingerprint density at radius 2 is 1.88 bits per heavy atom. The molecule has 0 saturated heterocycles. The van der Waals surface area contributed by atoms with Crippen LogP contribution in [0.15, 0.2) is 30.6 Å². The number of anilines is 3. The van der Waals surface area contributed by atoms with E-state index in [2.05, 4.69) is 20.7 Å². The van der Waals surface area contributed by atoms with Crippen molar-refractivity contribution in [2.75, 3.05) is 22.6 Å². The molecule has 1 aliphatic carbocycles. The first-order chi connectivity index (χ1) is 15.8. The summed E-state index contributed by atoms with van der Waals surface area (Å²) in [6.45, 7) is 2.39. The molecule has 1 fully saturated rings. The molecule has 2 aliphatic rings. The molecule has 1 amide bonds. The van der Waals surface area contributed by atoms with E-state index in [4.69, 9.17) is 0 Å². The topological polar surface area (TPSA) is 75.1 Å². The molecule has 7 nitrogen and oxygen atoms in total. The molecule has 1 aliphatic heterocycles. The predicted molar refractivity (Wildman–Crippen MR) is 117 cm³/mol. The lowest BCUT2D eigenvalue weighted by Crippen LogP contribution is -2.47. The van der Waals surface area contributed by atoms with E-state index in [1.165, 1.54) is 4.68 Å². The fourth-order valence-electron chi connectivity index (χ4n) is 4.31. The highest BCUT2D eigenvalue weighted by atomic mass is 19.2. The average molecular weight is 456 g/mol. The number of benzene rings is 1. The zero-order valence-electron chi connectivity index (χ0n) is 18.2. The minimum Gasteiger partial charge on any atom is -0.366 e. The summed E-state index contributed by atoms with van der Waals surface area (Å²) in [6.07, 6.45) is 5.51. The van der Waals surface area contributed by atoms with Crippen LogP contribution in [0.4, 0.5) is 30.4 Å². The van der Waals surface area contributed by atoms with Gasteiger partial charge in [-0.3, -0.25) is 9.48 Å². The normalized spacial score (nSPS) is 17.7. The first-order valence-electron chi connectivity index (χ1n) is 10.7. The second-order valence-corrected chi connectivity index (χ2v) is 8.64. The highest BCUT2D eigenvalue weighted by Crippen LogP contribution is 2.43. The van der Waals surface area contributed by atoms with Gasteiger partial charge in [-0.15, -0.1) is 0 Å². The van der Waals surface area contributed by atoms with Gasteiger partial charge in [-0.2, -0.15) is 5.10 Å². The Morgan fingerprint density at radius 3 is 2.58 bits per heavy atom. The minimum atomic E-state index is -1.48. The molecule has 2 N–H and O–H groups in total. The maximum atomic E-state index is 13.4. The molecule has 3 heterocycles. The van der Waals surface area contributed by atoms with Gasteiger partial charge in [0.05, 0.1) is 29.8 Å². The van der Waals surface area contributed by atoms with Crippen LogP contribution in [0, 0.1) is 30.3 Å². The zero-order valence-corrected chi connectivity index (χ0v) is 18.2. The number of nitrogens with one attached hydrogen (secondary N) is 2. The van der Waals surface area contributed by atoms with Gasteiger partial charge in [0.1, 0.15) is 11.9 Å². The number of hydrogen-bond donors (Lipinski definition) is 2. The number of likely N-dealkylation sites (N-methyl/N-ethyl adjacent to an activating group) is 1. The Morgan fingerprint density at radius 1 is 1.15 bits per heavy atom. The number of rotatable bonds is 6. The number of hydrogen-bond acceptors (Lipinski definition) is 5. The van der Waals surface area contributed by atoms with E-state index < -0.39 is 17.5 Å². The lowest BCUT2D eigenvalue weighted by molar-refractivity contribution is -0.118. The van der Waals surface area contributed by atoms with Crippen molar-refractivity contribution in [3.63, 3.8) is 0 Å². The Balaban J connectivity index is 1.28. The van der Waals surface area contributed by atoms with Crippen LogP contribution in [0.5, 0.6) is 0 Å². The van der Waals surface area contributed by atoms with Crippen LogP contribution in [0.1, 0.15) is 29.7 Å². The number of amides is 1. The van der Waals surface area contributed by atoms with Crippen molar-refractivity contribution in [2.45, 2.75) is 38.9 Å². The van der Waals surface area contributed by atoms with Crippen molar-refractivity contribution >= 4 is 23.1 Å². The molecule has 0 unspecified atom stereocenters. The van der Waals surface area contributed by atoms with Crippen molar-refractivity contribution in [2.24, 2.45) is 5.92 Å². The zero-order chi connectivity index (χ0) is 23.3. The van der Waals surface area contributed by atoms with Crippen LogP contribution in [-0.4, -0.2) is 33.8 Å². The molecular weight excluding hydrogens is 433 g/mol. The number of nitrogens with zero attached hydrogens (tertiary/aromatic N) is 4. The first kappa shape index (κ1) is 21.3. The predicted octanol–water partition coefficient (Wildman–Crippen LogP) is 3.83. The molecular formula is C23H23F3N6O. The molecule has 5 rings (SSSR count). The van der Waals surface area contributed by atoms with Crippen LogP contribution in [-0.2, 0) is 17.9 Å². The Labute approximate surface area is 188 Å². The summed E-state index contributed by atoms with van der Waals surface area (Å²) in [5.41, 5.74) is 3.50. The van der Waals surface area contributed by atoms with Gasteiger partial charge in [0.15, 0.2) is 17.5 Å². The van der Waals surface area contributed by atoms with E-state index in [9.17, 15) is 18.0 Å². The van der Waals surface area contributed by atoms with Crippen molar-refractivity contribution in [3.8, 4) is 0 Å². The minimum absolute atomic E-state index is 0.0199. The summed E-state index contributed by atoms with van der Waals surface area (Å²) in [7, 11) is 1.94. The van der Waals surface area contributed by atoms with Crippen LogP contribution in [0.25, 0.3) is 0 Å². The van der Waals surface area contributed by atoms with E-state index in [-0.39, 0.29) is 24.1 Å². The average Bonchev–Trinajstić information content (AvgIpc) is 3.50. The molecule has 1 aromatic carbocycles. The lowest BCUT2D eigenvalue weighted by Gasteiger charge is -2.36. The van der Waals surface area contributed by atoms with Crippen molar-refractivity contribution in [1.82, 2.24) is 14.8 Å². The van der Waals surface area contributed by atoms with Crippen molar-refractivity contribution < 1.29 is 18.0 Å². The molecule has 0 spiro atoms. The smallest absolute Gasteiger partial charge is 0.247 e. The second-order valence-electron chi connectivity index (χ2n) is 8.64. The molecule has 172 valence electrons. The third-order valence-electron chi connectivity index (χ3n) is 6.11. The molecule has 0 bridgehead atoms. The fraction of sp³-hybridized carbons (Fsp3) is 0.348. The Hall–Kier alpha value is -3.56. The number of aryl methyl sites for hydroxylation is 1. The summed E-state index contributed by atoms with van der Waals surface area (Å²) < 4.78 is 41.6. The second kappa shape index (κ2) is 8.09. The van der Waals surface area contributed by atoms with E-state index in [0.29, 0.717) is 18.3 Å². The monoisotopic (exact) mass is 456 g/mol. The molecule has 33 heavy (non-hydrogen) atoms. The van der Waals surface area contributed by atoms with E-state index in [1.807, 2.05) is 24.9 Å². The highest BCUT2D eigenvalue weighted by Gasteiger charge is 2.42. The van der Waals surface area contributed by atoms with Crippen molar-refractivity contribution in [3.05, 3.63) is 64.9 Å². The molecule has 2 aromatic heterocycles. The first-order valence-corrected chi connectivity index (χ1v) is 10.7. The number of pyridine rings is 1. The Bertz CT molecular complexity index is 1220. The molecule has 0 radical (unpaired) electrons. The number of carbonyl (C=O) groups is 1. The number of aromatic nitrogens is 3. The van der Waals surface area contributed by atoms with Gasteiger partial charge in [-0.05, 0) is 43.4 Å². The molecule has 10 heteroatoms. The standard InChI is InChI=1S/C23H23F3N6O/c1-12-21-18(31(2)22(15-3-4-15)23(33)30-21)7-19(29-12)27-8-14-9-28-32(11-14)10-13-5-16(24)20(26)17(25)6-13/h5-7,9,11,15,22H,3-4,8,10H2,1-2H3,(H,27,29)(H,30,33)/t22-/m0/s1. The summed E-state index contributed by atoms with van der Waals surface area (Å²) in [4.78, 5) is 19.1. The Kier molecular flexibility index (Phi) is 5.22. The van der Waals surface area contributed by atoms with E-state index >= 15 is 0 Å². The van der Waals surface area contributed by atoms with Crippen LogP contribution < -0.4 is 15.5 Å². The third kappa shape index (κ3) is 4.12. The molecule has 1 atom stereocenters. The van der Waals surface area contributed by atoms with E-state index in [0.717, 1.165) is 47.6 Å². The maximum absolute atomic E-state index is 13.4. The van der Waals surface area contributed by atoms with E-state index in [1.54, 1.807) is 12.4 Å². The van der Waals surface area contributed by atoms with Gasteiger partial charge in [-0.25, -0.2) is 18.2 Å². The van der Waals surface area contributed by atoms with Crippen molar-refractivity contribution in [1.29, 1.82) is 0 Å². The number of carbonyl (C=O) groups excluding carboxylic acids is 1. The van der Waals surface area contributed by atoms with Crippen LogP contribution in [0.3, 0.4) is 0 Å². The van der Waals surface area contributed by atoms with Crippen LogP contribution in [0.2, 0.25) is 0 Å². The van der Waals surface area contributed by atoms with Gasteiger partial charge in [0, 0.05) is 31.4 Å². The quantitative estimate of drug-likeness (QED) is 0.552. The van der Waals surface area contributed by atoms with Gasteiger partial charge in [-0.1, -0.05) is 0 Å². The molecule has 3 aromatic rings. The summed E-state index contributed by atoms with van der Waals surface area (Å²) >= 11 is 0. The SMILES string of the molecule is Cc1nc(NCc2cnn(Cc3cc(F)c(F)c(F)c3)c2)cc2c1NC(=O)[C@H](C1CC1)N2C. The van der Waals surface area contributed by atoms with Gasteiger partial charge in [0.25, 0.3) is 0 Å². The number of halogens is 3. The fourth-order valence-corrected chi connectivity index (χ4v) is 4.31. The van der Waals surface area contributed by atoms with Gasteiger partial charge >= 0.3 is 0 Å². The summed E-state index contributed by atoms with van der Waals surface area (Å²) in [5.74, 6) is -2.85. The molecule has 1 saturated carbocycles. The largest absolute Gasteiger partial charge is 0.366 e. The summed E-state index contributed by atoms with van der Waals surface area (Å²) in [5, 5.41) is 10.5. The lowest BCUT2D eigenvalue weighted by atomic mass is 10.0. The van der Waals surface area contributed by atoms with Gasteiger partial charge in [0.2, 0.25) is 5.91 Å². The maximum Gasteiger partial charge on any atom is 0.247 e. The summed E-state index contributed by atoms with van der Waals surface area (Å²) in [6, 6.07) is 3.68. The van der Waals surface area contributed by atoms with Crippen LogP contribution >= 0.6 is 0 Å². The third-order valence-corrected chi connectivity index (χ3v) is 6.11. The number of fused-ring (bicyclic) bond motifs is 1. The van der Waals surface area contributed by atoms with Gasteiger partial charge < -0.3 is 15.5 Å². The highest BCUT2D eigenvalue weighted by molar-refractivity contribution is 6.04.